The van der Waals surface area contributed by atoms with Gasteiger partial charge in [0.2, 0.25) is 5.75 Å². The molecule has 0 saturated heterocycles. The van der Waals surface area contributed by atoms with E-state index in [2.05, 4.69) is 6.58 Å². The topological polar surface area (TPSA) is 47.9 Å². The minimum atomic E-state index is -0.797. The van der Waals surface area contributed by atoms with Crippen LogP contribution in [0.4, 0.5) is 0 Å². The van der Waals surface area contributed by atoms with Gasteiger partial charge in [-0.15, -0.1) is 6.58 Å². The lowest BCUT2D eigenvalue weighted by molar-refractivity contribution is 0.220. The Labute approximate surface area is 95.1 Å². The summed E-state index contributed by atoms with van der Waals surface area (Å²) in [5, 5.41) is 9.73. The van der Waals surface area contributed by atoms with E-state index in [1.807, 2.05) is 0 Å². The van der Waals surface area contributed by atoms with Crippen molar-refractivity contribution in [3.05, 3.63) is 30.4 Å². The van der Waals surface area contributed by atoms with Crippen molar-refractivity contribution in [3.8, 4) is 17.2 Å². The minimum absolute atomic E-state index is 0.453. The summed E-state index contributed by atoms with van der Waals surface area (Å²) in [5.74, 6) is 1.47. The minimum Gasteiger partial charge on any atom is -0.493 e. The van der Waals surface area contributed by atoms with E-state index in [1.54, 1.807) is 19.2 Å². The first-order chi connectivity index (χ1) is 7.69. The third-order valence-electron chi connectivity index (χ3n) is 2.28. The molecule has 4 nitrogen and oxygen atoms in total. The van der Waals surface area contributed by atoms with E-state index in [-0.39, 0.29) is 0 Å². The predicted octanol–water partition coefficient (Wildman–Crippen LogP) is 1.93. The van der Waals surface area contributed by atoms with Gasteiger partial charge >= 0.3 is 0 Å². The van der Waals surface area contributed by atoms with Crippen molar-refractivity contribution < 1.29 is 19.3 Å². The van der Waals surface area contributed by atoms with Gasteiger partial charge in [-0.2, -0.15) is 0 Å². The Hall–Kier alpha value is -1.68. The van der Waals surface area contributed by atoms with Gasteiger partial charge in [0.1, 0.15) is 6.10 Å². The second-order valence-corrected chi connectivity index (χ2v) is 3.10. The van der Waals surface area contributed by atoms with Crippen LogP contribution in [-0.2, 0) is 0 Å². The SMILES string of the molecule is C=CC(O)c1ccc(OC)c(OC)c1OC. The third kappa shape index (κ3) is 2.12. The zero-order chi connectivity index (χ0) is 12.1. The van der Waals surface area contributed by atoms with Gasteiger partial charge in [0, 0.05) is 5.56 Å². The van der Waals surface area contributed by atoms with E-state index < -0.39 is 6.10 Å². The number of aliphatic hydroxyl groups is 1. The highest BCUT2D eigenvalue weighted by Gasteiger charge is 2.18. The molecule has 16 heavy (non-hydrogen) atoms. The van der Waals surface area contributed by atoms with E-state index in [4.69, 9.17) is 14.2 Å². The molecule has 1 unspecified atom stereocenters. The zero-order valence-corrected chi connectivity index (χ0v) is 9.69. The molecule has 0 aromatic heterocycles. The number of aliphatic hydroxyl groups excluding tert-OH is 1. The first-order valence-electron chi connectivity index (χ1n) is 4.79. The monoisotopic (exact) mass is 224 g/mol. The lowest BCUT2D eigenvalue weighted by Crippen LogP contribution is -2.01. The van der Waals surface area contributed by atoms with Crippen LogP contribution < -0.4 is 14.2 Å². The predicted molar refractivity (Wildman–Crippen MR) is 61.3 cm³/mol. The zero-order valence-electron chi connectivity index (χ0n) is 9.69. The summed E-state index contributed by atoms with van der Waals surface area (Å²) in [7, 11) is 4.57. The molecule has 1 N–H and O–H groups in total. The second-order valence-electron chi connectivity index (χ2n) is 3.10. The Morgan fingerprint density at radius 1 is 1.12 bits per heavy atom. The van der Waals surface area contributed by atoms with Gasteiger partial charge in [-0.05, 0) is 12.1 Å². The quantitative estimate of drug-likeness (QED) is 0.776. The molecular weight excluding hydrogens is 208 g/mol. The van der Waals surface area contributed by atoms with Crippen LogP contribution >= 0.6 is 0 Å². The van der Waals surface area contributed by atoms with Crippen LogP contribution in [0.1, 0.15) is 11.7 Å². The van der Waals surface area contributed by atoms with E-state index in [0.29, 0.717) is 22.8 Å². The van der Waals surface area contributed by atoms with Gasteiger partial charge < -0.3 is 19.3 Å². The summed E-state index contributed by atoms with van der Waals surface area (Å²) in [6.07, 6.45) is 0.624. The highest BCUT2D eigenvalue weighted by Crippen LogP contribution is 2.42. The molecule has 0 aliphatic rings. The molecule has 0 aliphatic heterocycles. The van der Waals surface area contributed by atoms with Crippen molar-refractivity contribution in [1.29, 1.82) is 0 Å². The van der Waals surface area contributed by atoms with Crippen LogP contribution in [0.15, 0.2) is 24.8 Å². The van der Waals surface area contributed by atoms with Crippen molar-refractivity contribution in [1.82, 2.24) is 0 Å². The summed E-state index contributed by atoms with van der Waals surface area (Å²) < 4.78 is 15.6. The molecular formula is C12H16O4. The Morgan fingerprint density at radius 3 is 2.19 bits per heavy atom. The largest absolute Gasteiger partial charge is 0.493 e. The molecule has 4 heteroatoms. The van der Waals surface area contributed by atoms with Gasteiger partial charge in [0.25, 0.3) is 0 Å². The maximum absolute atomic E-state index is 9.73. The van der Waals surface area contributed by atoms with Crippen molar-refractivity contribution in [2.75, 3.05) is 21.3 Å². The fourth-order valence-corrected chi connectivity index (χ4v) is 1.48. The number of methoxy groups -OCH3 is 3. The van der Waals surface area contributed by atoms with Crippen LogP contribution in [0.25, 0.3) is 0 Å². The van der Waals surface area contributed by atoms with Crippen molar-refractivity contribution in [2.24, 2.45) is 0 Å². The first kappa shape index (κ1) is 12.4. The Kier molecular flexibility index (Phi) is 4.19. The highest BCUT2D eigenvalue weighted by atomic mass is 16.5. The van der Waals surface area contributed by atoms with E-state index in [1.165, 1.54) is 20.3 Å². The lowest BCUT2D eigenvalue weighted by atomic mass is 10.1. The number of hydrogen-bond donors (Lipinski definition) is 1. The molecule has 0 bridgehead atoms. The molecule has 1 aromatic rings. The Balaban J connectivity index is 3.36. The van der Waals surface area contributed by atoms with Crippen LogP contribution in [-0.4, -0.2) is 26.4 Å². The van der Waals surface area contributed by atoms with Crippen LogP contribution in [0.3, 0.4) is 0 Å². The summed E-state index contributed by atoms with van der Waals surface area (Å²) in [6, 6.07) is 3.43. The van der Waals surface area contributed by atoms with Gasteiger partial charge in [-0.25, -0.2) is 0 Å². The second kappa shape index (κ2) is 5.42. The Morgan fingerprint density at radius 2 is 1.75 bits per heavy atom. The maximum Gasteiger partial charge on any atom is 0.203 e. The molecule has 1 rings (SSSR count). The number of rotatable bonds is 5. The average Bonchev–Trinajstić information content (AvgIpc) is 2.35. The van der Waals surface area contributed by atoms with Crippen LogP contribution in [0, 0.1) is 0 Å². The summed E-state index contributed by atoms with van der Waals surface area (Å²) in [5.41, 5.74) is 0.593. The van der Waals surface area contributed by atoms with Gasteiger partial charge in [0.05, 0.1) is 21.3 Å². The molecule has 1 atom stereocenters. The summed E-state index contributed by atoms with van der Waals surface area (Å²) in [6.45, 7) is 3.53. The van der Waals surface area contributed by atoms with E-state index >= 15 is 0 Å². The molecule has 0 radical (unpaired) electrons. The van der Waals surface area contributed by atoms with Crippen molar-refractivity contribution >= 4 is 0 Å². The third-order valence-corrected chi connectivity index (χ3v) is 2.28. The molecule has 0 amide bonds. The summed E-state index contributed by atoms with van der Waals surface area (Å²) >= 11 is 0. The normalized spacial score (nSPS) is 11.8. The number of hydrogen-bond acceptors (Lipinski definition) is 4. The lowest BCUT2D eigenvalue weighted by Gasteiger charge is -2.17. The van der Waals surface area contributed by atoms with Crippen molar-refractivity contribution in [2.45, 2.75) is 6.10 Å². The van der Waals surface area contributed by atoms with Gasteiger partial charge in [-0.1, -0.05) is 6.08 Å². The first-order valence-corrected chi connectivity index (χ1v) is 4.79. The molecule has 88 valence electrons. The van der Waals surface area contributed by atoms with Crippen LogP contribution in [0.2, 0.25) is 0 Å². The smallest absolute Gasteiger partial charge is 0.203 e. The maximum atomic E-state index is 9.73. The van der Waals surface area contributed by atoms with Crippen molar-refractivity contribution in [3.63, 3.8) is 0 Å². The molecule has 0 spiro atoms. The fourth-order valence-electron chi connectivity index (χ4n) is 1.48. The molecule has 1 aromatic carbocycles. The van der Waals surface area contributed by atoms with E-state index in [9.17, 15) is 5.11 Å². The average molecular weight is 224 g/mol. The van der Waals surface area contributed by atoms with Crippen LogP contribution in [0.5, 0.6) is 17.2 Å². The molecule has 0 saturated carbocycles. The molecule has 0 aliphatic carbocycles. The standard InChI is InChI=1S/C12H16O4/c1-5-9(13)8-6-7-10(14-2)12(16-4)11(8)15-3/h5-7,9,13H,1H2,2-4H3. The number of benzene rings is 1. The Bertz CT molecular complexity index is 374. The fraction of sp³-hybridized carbons (Fsp3) is 0.333. The molecule has 0 heterocycles. The highest BCUT2D eigenvalue weighted by molar-refractivity contribution is 5.56. The van der Waals surface area contributed by atoms with Gasteiger partial charge in [-0.3, -0.25) is 0 Å². The summed E-state index contributed by atoms with van der Waals surface area (Å²) in [4.78, 5) is 0. The molecule has 0 fully saturated rings. The number of ether oxygens (including phenoxy) is 3. The van der Waals surface area contributed by atoms with E-state index in [0.717, 1.165) is 0 Å². The van der Waals surface area contributed by atoms with Gasteiger partial charge in [0.15, 0.2) is 11.5 Å².